The fourth-order valence-electron chi connectivity index (χ4n) is 1.77. The molecule has 0 nitrogen and oxygen atoms in total. The van der Waals surface area contributed by atoms with E-state index in [2.05, 4.69) is 33.8 Å². The minimum absolute atomic E-state index is 0.713. The van der Waals surface area contributed by atoms with Gasteiger partial charge in [0.15, 0.2) is 0 Å². The molecule has 0 aromatic heterocycles. The smallest absolute Gasteiger partial charge is 0.0264 e. The molecule has 0 spiro atoms. The summed E-state index contributed by atoms with van der Waals surface area (Å²) in [5, 5.41) is 0. The van der Waals surface area contributed by atoms with Crippen molar-refractivity contribution in [1.29, 1.82) is 0 Å². The van der Waals surface area contributed by atoms with Gasteiger partial charge in [-0.3, -0.25) is 0 Å². The van der Waals surface area contributed by atoms with Gasteiger partial charge < -0.3 is 0 Å². The van der Waals surface area contributed by atoms with Gasteiger partial charge in [0.2, 0.25) is 0 Å². The van der Waals surface area contributed by atoms with Crippen LogP contribution in [0.25, 0.3) is 0 Å². The van der Waals surface area contributed by atoms with Crippen LogP contribution in [0.5, 0.6) is 0 Å². The Kier molecular flexibility index (Phi) is 3.38. The highest BCUT2D eigenvalue weighted by Gasteiger charge is 2.06. The van der Waals surface area contributed by atoms with Crippen LogP contribution in [0.3, 0.4) is 0 Å². The molecule has 0 saturated heterocycles. The molecular weight excluding hydrogens is 180 g/mol. The zero-order chi connectivity index (χ0) is 10.0. The van der Waals surface area contributed by atoms with Crippen molar-refractivity contribution in [3.8, 4) is 0 Å². The normalized spacial score (nSPS) is 10.5. The predicted molar refractivity (Wildman–Crippen MR) is 59.8 cm³/mol. The second-order valence-electron chi connectivity index (χ2n) is 3.68. The third kappa shape index (κ3) is 2.05. The third-order valence-corrected chi connectivity index (χ3v) is 3.05. The standard InChI is InChI=1S/C12H17Cl/c1-8-7-9(2)11(4)12(5-6-13)10(8)3/h7H,5-6H2,1-4H3. The van der Waals surface area contributed by atoms with E-state index in [4.69, 9.17) is 11.6 Å². The Bertz CT molecular complexity index is 287. The molecule has 0 aliphatic carbocycles. The minimum atomic E-state index is 0.713. The maximum absolute atomic E-state index is 5.78. The highest BCUT2D eigenvalue weighted by molar-refractivity contribution is 6.18. The Morgan fingerprint density at radius 2 is 1.46 bits per heavy atom. The van der Waals surface area contributed by atoms with Gasteiger partial charge in [-0.2, -0.15) is 0 Å². The van der Waals surface area contributed by atoms with E-state index < -0.39 is 0 Å². The van der Waals surface area contributed by atoms with Gasteiger partial charge in [0.05, 0.1) is 0 Å². The van der Waals surface area contributed by atoms with Crippen molar-refractivity contribution >= 4 is 11.6 Å². The maximum Gasteiger partial charge on any atom is 0.0264 e. The molecule has 0 bridgehead atoms. The summed E-state index contributed by atoms with van der Waals surface area (Å²) in [6.45, 7) is 8.70. The molecule has 0 radical (unpaired) electrons. The zero-order valence-corrected chi connectivity index (χ0v) is 9.63. The van der Waals surface area contributed by atoms with Gasteiger partial charge in [0.1, 0.15) is 0 Å². The van der Waals surface area contributed by atoms with E-state index >= 15 is 0 Å². The molecule has 0 heterocycles. The first kappa shape index (κ1) is 10.6. The van der Waals surface area contributed by atoms with Crippen LogP contribution >= 0.6 is 11.6 Å². The quantitative estimate of drug-likeness (QED) is 0.633. The molecule has 0 aliphatic heterocycles. The van der Waals surface area contributed by atoms with Crippen LogP contribution in [0.1, 0.15) is 27.8 Å². The Labute approximate surface area is 85.9 Å². The summed E-state index contributed by atoms with van der Waals surface area (Å²) in [5.41, 5.74) is 7.01. The fourth-order valence-corrected chi connectivity index (χ4v) is 1.96. The number of alkyl halides is 1. The van der Waals surface area contributed by atoms with Gasteiger partial charge in [0.25, 0.3) is 0 Å². The molecule has 0 aliphatic rings. The number of halogens is 1. The Morgan fingerprint density at radius 1 is 1.00 bits per heavy atom. The lowest BCUT2D eigenvalue weighted by Gasteiger charge is -2.13. The monoisotopic (exact) mass is 196 g/mol. The first-order valence-corrected chi connectivity index (χ1v) is 5.23. The van der Waals surface area contributed by atoms with Crippen molar-refractivity contribution in [2.45, 2.75) is 34.1 Å². The predicted octanol–water partition coefficient (Wildman–Crippen LogP) is 3.70. The Hall–Kier alpha value is -0.490. The number of rotatable bonds is 2. The van der Waals surface area contributed by atoms with Crippen LogP contribution in [0.2, 0.25) is 0 Å². The average molecular weight is 197 g/mol. The van der Waals surface area contributed by atoms with E-state index in [1.165, 1.54) is 27.8 Å². The first-order chi connectivity index (χ1) is 6.07. The molecule has 72 valence electrons. The Balaban J connectivity index is 3.28. The molecule has 0 amide bonds. The second kappa shape index (κ2) is 4.15. The van der Waals surface area contributed by atoms with Crippen molar-refractivity contribution in [1.82, 2.24) is 0 Å². The van der Waals surface area contributed by atoms with Crippen molar-refractivity contribution in [3.63, 3.8) is 0 Å². The van der Waals surface area contributed by atoms with Gasteiger partial charge in [-0.15, -0.1) is 11.6 Å². The van der Waals surface area contributed by atoms with E-state index in [9.17, 15) is 0 Å². The molecule has 0 fully saturated rings. The van der Waals surface area contributed by atoms with Crippen molar-refractivity contribution in [2.24, 2.45) is 0 Å². The lowest BCUT2D eigenvalue weighted by molar-refractivity contribution is 1.06. The molecule has 1 rings (SSSR count). The van der Waals surface area contributed by atoms with Crippen LogP contribution in [-0.2, 0) is 6.42 Å². The molecule has 1 heteroatoms. The SMILES string of the molecule is Cc1cc(C)c(C)c(CCCl)c1C. The highest BCUT2D eigenvalue weighted by Crippen LogP contribution is 2.22. The second-order valence-corrected chi connectivity index (χ2v) is 4.06. The van der Waals surface area contributed by atoms with Gasteiger partial charge in [-0.1, -0.05) is 6.07 Å². The highest BCUT2D eigenvalue weighted by atomic mass is 35.5. The van der Waals surface area contributed by atoms with Crippen LogP contribution in [0.15, 0.2) is 6.07 Å². The van der Waals surface area contributed by atoms with E-state index in [0.717, 1.165) is 6.42 Å². The lowest BCUT2D eigenvalue weighted by Crippen LogP contribution is -1.99. The number of aryl methyl sites for hydroxylation is 2. The summed E-state index contributed by atoms with van der Waals surface area (Å²) >= 11 is 5.78. The zero-order valence-electron chi connectivity index (χ0n) is 8.87. The van der Waals surface area contributed by atoms with E-state index in [1.54, 1.807) is 0 Å². The summed E-state index contributed by atoms with van der Waals surface area (Å²) in [6, 6.07) is 2.25. The molecule has 0 atom stereocenters. The van der Waals surface area contributed by atoms with E-state index in [1.807, 2.05) is 0 Å². The maximum atomic E-state index is 5.78. The molecule has 1 aromatic carbocycles. The number of hydrogen-bond donors (Lipinski definition) is 0. The average Bonchev–Trinajstić information content (AvgIpc) is 2.09. The van der Waals surface area contributed by atoms with E-state index in [-0.39, 0.29) is 0 Å². The Morgan fingerprint density at radius 3 is 1.85 bits per heavy atom. The molecule has 1 aromatic rings. The van der Waals surface area contributed by atoms with Gasteiger partial charge in [-0.05, 0) is 61.9 Å². The molecule has 0 unspecified atom stereocenters. The number of benzene rings is 1. The lowest BCUT2D eigenvalue weighted by atomic mass is 9.93. The van der Waals surface area contributed by atoms with E-state index in [0.29, 0.717) is 5.88 Å². The van der Waals surface area contributed by atoms with Crippen LogP contribution in [0, 0.1) is 27.7 Å². The molecule has 0 saturated carbocycles. The van der Waals surface area contributed by atoms with Crippen molar-refractivity contribution in [2.75, 3.05) is 5.88 Å². The van der Waals surface area contributed by atoms with Crippen molar-refractivity contribution < 1.29 is 0 Å². The minimum Gasteiger partial charge on any atom is -0.126 e. The number of hydrogen-bond acceptors (Lipinski definition) is 0. The summed E-state index contributed by atoms with van der Waals surface area (Å²) in [7, 11) is 0. The largest absolute Gasteiger partial charge is 0.126 e. The fraction of sp³-hybridized carbons (Fsp3) is 0.500. The summed E-state index contributed by atoms with van der Waals surface area (Å²) in [4.78, 5) is 0. The topological polar surface area (TPSA) is 0 Å². The van der Waals surface area contributed by atoms with Gasteiger partial charge >= 0.3 is 0 Å². The third-order valence-electron chi connectivity index (χ3n) is 2.87. The van der Waals surface area contributed by atoms with Gasteiger partial charge in [-0.25, -0.2) is 0 Å². The summed E-state index contributed by atoms with van der Waals surface area (Å²) in [5.74, 6) is 0.713. The summed E-state index contributed by atoms with van der Waals surface area (Å²) in [6.07, 6.45) is 0.988. The van der Waals surface area contributed by atoms with Crippen molar-refractivity contribution in [3.05, 3.63) is 33.9 Å². The van der Waals surface area contributed by atoms with Crippen LogP contribution in [-0.4, -0.2) is 5.88 Å². The molecular formula is C12H17Cl. The van der Waals surface area contributed by atoms with Gasteiger partial charge in [0, 0.05) is 5.88 Å². The first-order valence-electron chi connectivity index (χ1n) is 4.70. The van der Waals surface area contributed by atoms with Crippen LogP contribution < -0.4 is 0 Å². The summed E-state index contributed by atoms with van der Waals surface area (Å²) < 4.78 is 0. The van der Waals surface area contributed by atoms with Crippen LogP contribution in [0.4, 0.5) is 0 Å². The molecule has 0 N–H and O–H groups in total. The molecule has 13 heavy (non-hydrogen) atoms.